The quantitative estimate of drug-likeness (QED) is 0.725. The summed E-state index contributed by atoms with van der Waals surface area (Å²) >= 11 is 6.96. The highest BCUT2D eigenvalue weighted by Crippen LogP contribution is 2.41. The highest BCUT2D eigenvalue weighted by Gasteiger charge is 2.23. The van der Waals surface area contributed by atoms with Crippen LogP contribution in [0.25, 0.3) is 0 Å². The fraction of sp³-hybridized carbons (Fsp3) is 0.364. The van der Waals surface area contributed by atoms with E-state index in [-0.39, 0.29) is 7.43 Å². The summed E-state index contributed by atoms with van der Waals surface area (Å²) in [5.41, 5.74) is 1.46. The molecule has 0 spiro atoms. The molecule has 1 aromatic carbocycles. The van der Waals surface area contributed by atoms with Crippen molar-refractivity contribution in [3.05, 3.63) is 32.7 Å². The molecule has 1 nitrogen and oxygen atoms in total. The summed E-state index contributed by atoms with van der Waals surface area (Å²) in [7, 11) is 0. The molecule has 0 bridgehead atoms. The molecule has 1 aromatic rings. The minimum absolute atomic E-state index is 0. The van der Waals surface area contributed by atoms with Gasteiger partial charge < -0.3 is 0 Å². The molecule has 0 aromatic heterocycles. The van der Waals surface area contributed by atoms with E-state index in [0.717, 1.165) is 5.92 Å². The Hall–Kier alpha value is -0.330. The predicted octanol–water partition coefficient (Wildman–Crippen LogP) is 4.86. The molecule has 0 saturated heterocycles. The molecule has 3 heteroatoms. The Labute approximate surface area is 102 Å². The molecule has 1 aliphatic rings. The molecule has 1 saturated carbocycles. The molecule has 76 valence electrons. The summed E-state index contributed by atoms with van der Waals surface area (Å²) in [5.74, 6) is 0.837. The molecule has 0 heterocycles. The van der Waals surface area contributed by atoms with Gasteiger partial charge in [-0.25, -0.2) is 5.26 Å². The van der Waals surface area contributed by atoms with Crippen LogP contribution in [0.5, 0.6) is 0 Å². The average molecular weight is 319 g/mol. The molecule has 1 aliphatic carbocycles. The van der Waals surface area contributed by atoms with Gasteiger partial charge in [-0.15, -0.1) is 0 Å². The second kappa shape index (κ2) is 6.21. The fourth-order valence-electron chi connectivity index (χ4n) is 1.23. The van der Waals surface area contributed by atoms with E-state index in [2.05, 4.69) is 56.6 Å². The number of hydrogen-bond acceptors (Lipinski definition) is 1. The van der Waals surface area contributed by atoms with Gasteiger partial charge in [0.2, 0.25) is 0 Å². The molecular formula is C11H13Br2N. The molecule has 0 N–H and O–H groups in total. The third-order valence-electron chi connectivity index (χ3n) is 1.93. The molecule has 0 amide bonds. The van der Waals surface area contributed by atoms with Gasteiger partial charge >= 0.3 is 0 Å². The van der Waals surface area contributed by atoms with Crippen molar-refractivity contribution in [3.63, 3.8) is 0 Å². The summed E-state index contributed by atoms with van der Waals surface area (Å²) in [6, 6.07) is 6.50. The highest BCUT2D eigenvalue weighted by molar-refractivity contribution is 9.11. The molecule has 2 rings (SSSR count). The number of nitrogens with zero attached hydrogens (tertiary/aromatic N) is 1. The van der Waals surface area contributed by atoms with Gasteiger partial charge in [0.25, 0.3) is 0 Å². The van der Waals surface area contributed by atoms with Crippen molar-refractivity contribution in [3.8, 4) is 6.57 Å². The number of nitriles is 1. The van der Waals surface area contributed by atoms with Gasteiger partial charge in [0.05, 0.1) is 0 Å². The molecular weight excluding hydrogens is 306 g/mol. The van der Waals surface area contributed by atoms with E-state index in [1.54, 1.807) is 0 Å². The third-order valence-corrected chi connectivity index (χ3v) is 2.85. The second-order valence-electron chi connectivity index (χ2n) is 2.98. The Bertz CT molecular complexity index is 296. The van der Waals surface area contributed by atoms with Crippen LogP contribution in [0.1, 0.15) is 31.7 Å². The lowest BCUT2D eigenvalue weighted by Gasteiger charge is -1.99. The smallest absolute Gasteiger partial charge is 0.0462 e. The fourth-order valence-corrected chi connectivity index (χ4v) is 2.56. The van der Waals surface area contributed by atoms with Crippen molar-refractivity contribution >= 4 is 31.9 Å². The van der Waals surface area contributed by atoms with Crippen LogP contribution < -0.4 is 0 Å². The van der Waals surface area contributed by atoms with Crippen molar-refractivity contribution in [2.45, 2.75) is 26.2 Å². The summed E-state index contributed by atoms with van der Waals surface area (Å²) < 4.78 is 2.35. The molecule has 14 heavy (non-hydrogen) atoms. The SMILES string of the molecule is Brc1cc(Br)cc(C2CC2)c1.C.C#N. The van der Waals surface area contributed by atoms with Crippen LogP contribution in [0.15, 0.2) is 27.1 Å². The first-order chi connectivity index (χ1) is 6.25. The number of benzene rings is 1. The molecule has 0 unspecified atom stereocenters. The zero-order valence-corrected chi connectivity index (χ0v) is 10.2. The topological polar surface area (TPSA) is 23.8 Å². The van der Waals surface area contributed by atoms with E-state index < -0.39 is 0 Å². The highest BCUT2D eigenvalue weighted by atomic mass is 79.9. The molecule has 0 aliphatic heterocycles. The lowest BCUT2D eigenvalue weighted by Crippen LogP contribution is -1.78. The molecule has 1 fully saturated rings. The number of hydrogen-bond donors (Lipinski definition) is 0. The summed E-state index contributed by atoms with van der Waals surface area (Å²) in [6.45, 7) is 3.50. The maximum atomic E-state index is 6.50. The van der Waals surface area contributed by atoms with E-state index in [9.17, 15) is 0 Å². The first-order valence-electron chi connectivity index (χ1n) is 3.97. The van der Waals surface area contributed by atoms with Crippen LogP contribution in [0.2, 0.25) is 0 Å². The molecule has 0 radical (unpaired) electrons. The van der Waals surface area contributed by atoms with Gasteiger partial charge in [0, 0.05) is 15.5 Å². The minimum atomic E-state index is 0. The standard InChI is InChI=1S/C9H8Br2.CHN.CH4/c10-8-3-7(6-1-2-6)4-9(11)5-8;1-2;/h3-6H,1-2H2;1H;1H4. The van der Waals surface area contributed by atoms with E-state index in [4.69, 9.17) is 5.26 Å². The summed E-state index contributed by atoms with van der Waals surface area (Å²) in [4.78, 5) is 0. The van der Waals surface area contributed by atoms with Crippen molar-refractivity contribution < 1.29 is 0 Å². The Morgan fingerprint density at radius 3 is 1.86 bits per heavy atom. The van der Waals surface area contributed by atoms with Gasteiger partial charge in [-0.3, -0.25) is 0 Å². The number of rotatable bonds is 1. The van der Waals surface area contributed by atoms with Crippen LogP contribution in [0.3, 0.4) is 0 Å². The Morgan fingerprint density at radius 1 is 1.07 bits per heavy atom. The molecule has 0 atom stereocenters. The van der Waals surface area contributed by atoms with Gasteiger partial charge in [-0.2, -0.15) is 0 Å². The normalized spacial score (nSPS) is 13.4. The average Bonchev–Trinajstić information content (AvgIpc) is 2.88. The van der Waals surface area contributed by atoms with E-state index in [1.165, 1.54) is 27.4 Å². The van der Waals surface area contributed by atoms with Crippen LogP contribution in [0.4, 0.5) is 0 Å². The largest absolute Gasteiger partial charge is 0.202 e. The lowest BCUT2D eigenvalue weighted by molar-refractivity contribution is 1.12. The minimum Gasteiger partial charge on any atom is -0.202 e. The maximum absolute atomic E-state index is 6.50. The van der Waals surface area contributed by atoms with Crippen LogP contribution in [-0.2, 0) is 0 Å². The monoisotopic (exact) mass is 317 g/mol. The Kier molecular flexibility index (Phi) is 6.06. The van der Waals surface area contributed by atoms with Crippen LogP contribution in [-0.4, -0.2) is 0 Å². The second-order valence-corrected chi connectivity index (χ2v) is 4.81. The van der Waals surface area contributed by atoms with Crippen molar-refractivity contribution in [1.29, 1.82) is 5.26 Å². The van der Waals surface area contributed by atoms with E-state index >= 15 is 0 Å². The van der Waals surface area contributed by atoms with Crippen molar-refractivity contribution in [2.24, 2.45) is 0 Å². The summed E-state index contributed by atoms with van der Waals surface area (Å²) in [6.07, 6.45) is 2.73. The first kappa shape index (κ1) is 13.7. The predicted molar refractivity (Wildman–Crippen MR) is 67.2 cm³/mol. The van der Waals surface area contributed by atoms with Gasteiger partial charge in [0.1, 0.15) is 0 Å². The zero-order valence-electron chi connectivity index (χ0n) is 7.00. The first-order valence-corrected chi connectivity index (χ1v) is 5.56. The van der Waals surface area contributed by atoms with Crippen LogP contribution >= 0.6 is 31.9 Å². The third kappa shape index (κ3) is 3.81. The van der Waals surface area contributed by atoms with Gasteiger partial charge in [-0.05, 0) is 42.5 Å². The van der Waals surface area contributed by atoms with Crippen molar-refractivity contribution in [1.82, 2.24) is 0 Å². The van der Waals surface area contributed by atoms with Gasteiger partial charge in [0.15, 0.2) is 0 Å². The lowest BCUT2D eigenvalue weighted by atomic mass is 10.1. The zero-order chi connectivity index (χ0) is 9.84. The van der Waals surface area contributed by atoms with Crippen molar-refractivity contribution in [2.75, 3.05) is 0 Å². The Balaban J connectivity index is 0.000000531. The van der Waals surface area contributed by atoms with E-state index in [1.807, 2.05) is 0 Å². The Morgan fingerprint density at radius 2 is 1.50 bits per heavy atom. The van der Waals surface area contributed by atoms with Gasteiger partial charge in [-0.1, -0.05) is 39.3 Å². The summed E-state index contributed by atoms with van der Waals surface area (Å²) in [5, 5.41) is 6.50. The van der Waals surface area contributed by atoms with Crippen LogP contribution in [0, 0.1) is 11.8 Å². The van der Waals surface area contributed by atoms with E-state index in [0.29, 0.717) is 0 Å². The maximum Gasteiger partial charge on any atom is 0.0462 e. The number of halogens is 2.